The van der Waals surface area contributed by atoms with Gasteiger partial charge in [-0.1, -0.05) is 18.2 Å². The molecule has 3 aromatic rings. The molecule has 0 bridgehead atoms. The van der Waals surface area contributed by atoms with E-state index in [4.69, 9.17) is 9.47 Å². The van der Waals surface area contributed by atoms with Crippen molar-refractivity contribution in [3.05, 3.63) is 71.8 Å². The van der Waals surface area contributed by atoms with E-state index in [9.17, 15) is 14.0 Å². The summed E-state index contributed by atoms with van der Waals surface area (Å²) < 4.78 is 26.0. The van der Waals surface area contributed by atoms with Crippen LogP contribution in [0.15, 0.2) is 54.9 Å². The lowest BCUT2D eigenvalue weighted by molar-refractivity contribution is -0.122. The molecule has 0 spiro atoms. The monoisotopic (exact) mass is 480 g/mol. The molecule has 0 aliphatic carbocycles. The number of nitrogens with one attached hydrogen (secondary N) is 2. The minimum Gasteiger partial charge on any atom is -0.494 e. The van der Waals surface area contributed by atoms with Gasteiger partial charge in [0.15, 0.2) is 11.6 Å². The van der Waals surface area contributed by atoms with Crippen molar-refractivity contribution >= 4 is 11.8 Å². The van der Waals surface area contributed by atoms with Gasteiger partial charge in [0.2, 0.25) is 11.8 Å². The summed E-state index contributed by atoms with van der Waals surface area (Å²) in [5, 5.41) is 10.3. The van der Waals surface area contributed by atoms with Crippen molar-refractivity contribution < 1.29 is 23.5 Å². The topological polar surface area (TPSA) is 94.5 Å². The summed E-state index contributed by atoms with van der Waals surface area (Å²) in [4.78, 5) is 24.7. The van der Waals surface area contributed by atoms with Crippen molar-refractivity contribution in [2.45, 2.75) is 44.2 Å². The number of hydrogen-bond acceptors (Lipinski definition) is 5. The molecule has 0 radical (unpaired) electrons. The molecule has 0 saturated carbocycles. The van der Waals surface area contributed by atoms with Crippen molar-refractivity contribution in [3.63, 3.8) is 0 Å². The molecule has 1 aliphatic heterocycles. The molecule has 184 valence electrons. The Kier molecular flexibility index (Phi) is 7.33. The molecule has 1 aliphatic rings. The molecule has 2 aromatic carbocycles. The molecule has 1 saturated heterocycles. The molecule has 1 atom stereocenters. The summed E-state index contributed by atoms with van der Waals surface area (Å²) in [5.41, 5.74) is 1.96. The molecule has 8 nitrogen and oxygen atoms in total. The highest BCUT2D eigenvalue weighted by Crippen LogP contribution is 2.31. The Morgan fingerprint density at radius 1 is 1.17 bits per heavy atom. The van der Waals surface area contributed by atoms with Gasteiger partial charge in [-0.25, -0.2) is 9.07 Å². The maximum absolute atomic E-state index is 13.8. The van der Waals surface area contributed by atoms with Gasteiger partial charge < -0.3 is 20.1 Å². The van der Waals surface area contributed by atoms with Crippen molar-refractivity contribution in [2.24, 2.45) is 0 Å². The molecule has 2 N–H and O–H groups in total. The molecule has 4 rings (SSSR count). The average Bonchev–Trinajstić information content (AvgIpc) is 3.49. The van der Waals surface area contributed by atoms with Crippen LogP contribution in [0, 0.1) is 5.82 Å². The fraction of sp³-hybridized carbons (Fsp3) is 0.346. The molecule has 1 aromatic heterocycles. The fourth-order valence-electron chi connectivity index (χ4n) is 4.43. The number of halogens is 1. The number of carbonyl (C=O) groups is 2. The number of benzene rings is 2. The van der Waals surface area contributed by atoms with Gasteiger partial charge in [0.05, 0.1) is 20.4 Å². The number of carbonyl (C=O) groups excluding carboxylic acids is 2. The maximum Gasteiger partial charge on any atom is 0.220 e. The van der Waals surface area contributed by atoms with Crippen molar-refractivity contribution in [1.82, 2.24) is 20.4 Å². The van der Waals surface area contributed by atoms with E-state index in [1.807, 2.05) is 30.5 Å². The van der Waals surface area contributed by atoms with Crippen molar-refractivity contribution in [1.29, 1.82) is 0 Å². The summed E-state index contributed by atoms with van der Waals surface area (Å²) in [6.45, 7) is 0.336. The van der Waals surface area contributed by atoms with Gasteiger partial charge in [-0.05, 0) is 49.1 Å². The first-order chi connectivity index (χ1) is 16.9. The Morgan fingerprint density at radius 2 is 1.97 bits per heavy atom. The summed E-state index contributed by atoms with van der Waals surface area (Å²) in [7, 11) is 3.02. The number of para-hydroxylation sites is 2. The number of methoxy groups -OCH3 is 2. The standard InChI is InChI=1S/C26H29FN4O4/c1-34-22-6-4-3-5-21(22)31-17-19(16-29-31)15-28-24(32)9-11-26(12-10-25(33)30-26)14-18-7-8-20(27)23(13-18)35-2/h3-8,13,16-17H,9-12,14-15H2,1-2H3,(H,28,32)(H,30,33). The van der Waals surface area contributed by atoms with Gasteiger partial charge in [0.1, 0.15) is 11.4 Å². The zero-order valence-electron chi connectivity index (χ0n) is 19.8. The van der Waals surface area contributed by atoms with Crippen LogP contribution in [0.1, 0.15) is 36.8 Å². The van der Waals surface area contributed by atoms with Crippen molar-refractivity contribution in [2.75, 3.05) is 14.2 Å². The van der Waals surface area contributed by atoms with E-state index in [1.54, 1.807) is 30.1 Å². The molecule has 1 fully saturated rings. The first-order valence-corrected chi connectivity index (χ1v) is 11.5. The Morgan fingerprint density at radius 3 is 2.71 bits per heavy atom. The van der Waals surface area contributed by atoms with E-state index >= 15 is 0 Å². The average molecular weight is 481 g/mol. The van der Waals surface area contributed by atoms with Crippen LogP contribution >= 0.6 is 0 Å². The van der Waals surface area contributed by atoms with Crippen molar-refractivity contribution in [3.8, 4) is 17.2 Å². The molecular weight excluding hydrogens is 451 g/mol. The van der Waals surface area contributed by atoms with Gasteiger partial charge in [0.25, 0.3) is 0 Å². The first-order valence-electron chi connectivity index (χ1n) is 11.5. The lowest BCUT2D eigenvalue weighted by Gasteiger charge is -2.29. The number of aromatic nitrogens is 2. The van der Waals surface area contributed by atoms with Crippen LogP contribution in [0.3, 0.4) is 0 Å². The molecular formula is C26H29FN4O4. The quantitative estimate of drug-likeness (QED) is 0.464. The Hall–Kier alpha value is -3.88. The summed E-state index contributed by atoms with van der Waals surface area (Å²) >= 11 is 0. The zero-order valence-corrected chi connectivity index (χ0v) is 19.8. The van der Waals surface area contributed by atoms with Gasteiger partial charge in [-0.2, -0.15) is 5.10 Å². The first kappa shape index (κ1) is 24.3. The van der Waals surface area contributed by atoms with E-state index in [1.165, 1.54) is 13.2 Å². The van der Waals surface area contributed by atoms with Crippen LogP contribution in [-0.4, -0.2) is 41.4 Å². The molecule has 2 amide bonds. The Balaban J connectivity index is 1.35. The largest absolute Gasteiger partial charge is 0.494 e. The van der Waals surface area contributed by atoms with E-state index in [2.05, 4.69) is 15.7 Å². The predicted molar refractivity (Wildman–Crippen MR) is 128 cm³/mol. The lowest BCUT2D eigenvalue weighted by atomic mass is 9.85. The third-order valence-electron chi connectivity index (χ3n) is 6.28. The van der Waals surface area contributed by atoms with Crippen LogP contribution in [0.5, 0.6) is 11.5 Å². The molecule has 1 unspecified atom stereocenters. The third kappa shape index (κ3) is 5.79. The van der Waals surface area contributed by atoms with Crippen LogP contribution in [-0.2, 0) is 22.6 Å². The lowest BCUT2D eigenvalue weighted by Crippen LogP contribution is -2.44. The fourth-order valence-corrected chi connectivity index (χ4v) is 4.43. The molecule has 2 heterocycles. The predicted octanol–water partition coefficient (Wildman–Crippen LogP) is 3.32. The third-order valence-corrected chi connectivity index (χ3v) is 6.28. The van der Waals surface area contributed by atoms with E-state index in [-0.39, 0.29) is 24.0 Å². The van der Waals surface area contributed by atoms with E-state index < -0.39 is 11.4 Å². The number of amides is 2. The van der Waals surface area contributed by atoms with E-state index in [0.29, 0.717) is 38.0 Å². The minimum atomic E-state index is -0.550. The van der Waals surface area contributed by atoms with Crippen LogP contribution < -0.4 is 20.1 Å². The second-order valence-electron chi connectivity index (χ2n) is 8.72. The number of rotatable bonds is 10. The summed E-state index contributed by atoms with van der Waals surface area (Å²) in [6.07, 6.45) is 5.79. The normalized spacial score (nSPS) is 17.2. The van der Waals surface area contributed by atoms with Gasteiger partial charge in [-0.15, -0.1) is 0 Å². The summed E-state index contributed by atoms with van der Waals surface area (Å²) in [6, 6.07) is 12.2. The highest BCUT2D eigenvalue weighted by molar-refractivity contribution is 5.80. The number of hydrogen-bond donors (Lipinski definition) is 2. The zero-order chi connectivity index (χ0) is 24.8. The van der Waals surface area contributed by atoms with Gasteiger partial charge in [0, 0.05) is 36.7 Å². The second kappa shape index (κ2) is 10.6. The molecule has 9 heteroatoms. The minimum absolute atomic E-state index is 0.0387. The van der Waals surface area contributed by atoms with Gasteiger partial charge >= 0.3 is 0 Å². The van der Waals surface area contributed by atoms with Crippen LogP contribution in [0.4, 0.5) is 4.39 Å². The second-order valence-corrected chi connectivity index (χ2v) is 8.72. The Labute approximate surface area is 203 Å². The maximum atomic E-state index is 13.8. The van der Waals surface area contributed by atoms with Crippen LogP contribution in [0.2, 0.25) is 0 Å². The number of nitrogens with zero attached hydrogens (tertiary/aromatic N) is 2. The Bertz CT molecular complexity index is 1210. The highest BCUT2D eigenvalue weighted by atomic mass is 19.1. The molecule has 35 heavy (non-hydrogen) atoms. The number of ether oxygens (including phenoxy) is 2. The van der Waals surface area contributed by atoms with Crippen LogP contribution in [0.25, 0.3) is 5.69 Å². The summed E-state index contributed by atoms with van der Waals surface area (Å²) in [5.74, 6) is 0.270. The highest BCUT2D eigenvalue weighted by Gasteiger charge is 2.38. The van der Waals surface area contributed by atoms with E-state index in [0.717, 1.165) is 16.8 Å². The SMILES string of the molecule is COc1cc(CC2(CCC(=O)NCc3cnn(-c4ccccc4OC)c3)CCC(=O)N2)ccc1F. The smallest absolute Gasteiger partial charge is 0.220 e. The van der Waals surface area contributed by atoms with Gasteiger partial charge in [-0.3, -0.25) is 9.59 Å².